The fourth-order valence-corrected chi connectivity index (χ4v) is 5.60. The molecule has 0 radical (unpaired) electrons. The number of ether oxygens (including phenoxy) is 2. The van der Waals surface area contributed by atoms with E-state index in [4.69, 9.17) is 9.47 Å². The molecule has 1 heterocycles. The van der Waals surface area contributed by atoms with E-state index in [-0.39, 0.29) is 0 Å². The van der Waals surface area contributed by atoms with E-state index in [9.17, 15) is 0 Å². The van der Waals surface area contributed by atoms with Crippen molar-refractivity contribution in [3.63, 3.8) is 0 Å². The van der Waals surface area contributed by atoms with Gasteiger partial charge in [0, 0.05) is 0 Å². The molecule has 4 rings (SSSR count). The van der Waals surface area contributed by atoms with Crippen LogP contribution in [-0.2, 0) is 17.6 Å². The maximum Gasteiger partial charge on any atom is 0.119 e. The van der Waals surface area contributed by atoms with Crippen LogP contribution >= 0.6 is 0 Å². The van der Waals surface area contributed by atoms with Crippen molar-refractivity contribution in [2.75, 3.05) is 13.2 Å². The molecule has 2 unspecified atom stereocenters. The van der Waals surface area contributed by atoms with Crippen LogP contribution in [0.1, 0.15) is 126 Å². The standard InChI is InChI=1S/C35H52O2/c1-2-3-4-6-10-15-32(33-24-22-30(23-25-33)21-20-29-18-19-29)16-11-8-5-7-9-13-31-14-12-17-34(26-31)36-27-35-28-37-35/h12,14,17,22-26,29,32,35H,2-11,13,15-16,18-21,27-28H2,1H3. The first-order chi connectivity index (χ1) is 18.3. The largest absolute Gasteiger partial charge is 0.491 e. The van der Waals surface area contributed by atoms with Gasteiger partial charge >= 0.3 is 0 Å². The topological polar surface area (TPSA) is 21.8 Å². The predicted octanol–water partition coefficient (Wildman–Crippen LogP) is 9.83. The van der Waals surface area contributed by atoms with Crippen LogP contribution in [0.15, 0.2) is 48.5 Å². The van der Waals surface area contributed by atoms with E-state index in [0.717, 1.165) is 30.6 Å². The number of epoxide rings is 1. The van der Waals surface area contributed by atoms with Gasteiger partial charge in [-0.25, -0.2) is 0 Å². The number of aryl methyl sites for hydroxylation is 2. The molecule has 204 valence electrons. The summed E-state index contributed by atoms with van der Waals surface area (Å²) < 4.78 is 11.1. The van der Waals surface area contributed by atoms with Crippen LogP contribution in [0.3, 0.4) is 0 Å². The van der Waals surface area contributed by atoms with Gasteiger partial charge in [-0.1, -0.05) is 114 Å². The van der Waals surface area contributed by atoms with Crippen molar-refractivity contribution in [2.24, 2.45) is 5.92 Å². The molecular weight excluding hydrogens is 452 g/mol. The normalized spacial score (nSPS) is 17.6. The van der Waals surface area contributed by atoms with Gasteiger partial charge in [-0.05, 0) is 79.2 Å². The smallest absolute Gasteiger partial charge is 0.119 e. The zero-order valence-electron chi connectivity index (χ0n) is 23.6. The first-order valence-corrected chi connectivity index (χ1v) is 15.7. The van der Waals surface area contributed by atoms with Crippen LogP contribution in [0.4, 0.5) is 0 Å². The monoisotopic (exact) mass is 504 g/mol. The molecule has 0 N–H and O–H groups in total. The number of hydrogen-bond acceptors (Lipinski definition) is 2. The second-order valence-electron chi connectivity index (χ2n) is 11.8. The Bertz CT molecular complexity index is 865. The molecule has 2 atom stereocenters. The molecule has 0 amide bonds. The zero-order valence-corrected chi connectivity index (χ0v) is 23.6. The Labute approximate surface area is 227 Å². The maximum absolute atomic E-state index is 5.84. The Morgan fingerprint density at radius 3 is 2.19 bits per heavy atom. The van der Waals surface area contributed by atoms with Crippen molar-refractivity contribution >= 4 is 0 Å². The molecule has 1 aliphatic carbocycles. The Morgan fingerprint density at radius 2 is 1.49 bits per heavy atom. The number of hydrogen-bond donors (Lipinski definition) is 0. The molecule has 2 aromatic rings. The minimum absolute atomic E-state index is 0.320. The molecule has 0 spiro atoms. The van der Waals surface area contributed by atoms with Gasteiger partial charge in [0.1, 0.15) is 18.5 Å². The van der Waals surface area contributed by atoms with E-state index >= 15 is 0 Å². The molecule has 2 aromatic carbocycles. The summed E-state index contributed by atoms with van der Waals surface area (Å²) in [7, 11) is 0. The lowest BCUT2D eigenvalue weighted by molar-refractivity contribution is 0.263. The molecule has 2 aliphatic rings. The van der Waals surface area contributed by atoms with Crippen molar-refractivity contribution < 1.29 is 9.47 Å². The number of rotatable bonds is 21. The van der Waals surface area contributed by atoms with Crippen molar-refractivity contribution in [3.8, 4) is 5.75 Å². The molecule has 2 nitrogen and oxygen atoms in total. The second kappa shape index (κ2) is 16.2. The highest BCUT2D eigenvalue weighted by atomic mass is 16.6. The van der Waals surface area contributed by atoms with Gasteiger partial charge < -0.3 is 9.47 Å². The van der Waals surface area contributed by atoms with Crippen LogP contribution in [0, 0.1) is 5.92 Å². The van der Waals surface area contributed by atoms with Gasteiger partial charge in [-0.2, -0.15) is 0 Å². The molecule has 2 fully saturated rings. The summed E-state index contributed by atoms with van der Waals surface area (Å²) in [6.07, 6.45) is 23.5. The summed E-state index contributed by atoms with van der Waals surface area (Å²) in [6.45, 7) is 3.85. The minimum Gasteiger partial charge on any atom is -0.491 e. The second-order valence-corrected chi connectivity index (χ2v) is 11.8. The summed E-state index contributed by atoms with van der Waals surface area (Å²) in [5.41, 5.74) is 4.55. The fourth-order valence-electron chi connectivity index (χ4n) is 5.60. The average Bonchev–Trinajstić information content (AvgIpc) is 3.85. The van der Waals surface area contributed by atoms with Crippen LogP contribution in [-0.4, -0.2) is 19.3 Å². The summed E-state index contributed by atoms with van der Waals surface area (Å²) in [4.78, 5) is 0. The van der Waals surface area contributed by atoms with Gasteiger partial charge in [0.05, 0.1) is 6.61 Å². The minimum atomic E-state index is 0.320. The fraction of sp³-hybridized carbons (Fsp3) is 0.657. The highest BCUT2D eigenvalue weighted by Crippen LogP contribution is 2.34. The highest BCUT2D eigenvalue weighted by Gasteiger charge is 2.23. The molecule has 1 saturated heterocycles. The van der Waals surface area contributed by atoms with E-state index in [1.807, 2.05) is 0 Å². The molecule has 2 heteroatoms. The van der Waals surface area contributed by atoms with Gasteiger partial charge in [-0.15, -0.1) is 0 Å². The molecule has 1 saturated carbocycles. The Hall–Kier alpha value is -1.80. The lowest BCUT2D eigenvalue weighted by atomic mass is 9.87. The van der Waals surface area contributed by atoms with E-state index in [1.54, 1.807) is 11.1 Å². The van der Waals surface area contributed by atoms with Crippen molar-refractivity contribution in [2.45, 2.75) is 128 Å². The van der Waals surface area contributed by atoms with Crippen molar-refractivity contribution in [3.05, 3.63) is 65.2 Å². The number of unbranched alkanes of at least 4 members (excludes halogenated alkanes) is 8. The summed E-state index contributed by atoms with van der Waals surface area (Å²) in [5, 5.41) is 0. The molecule has 1 aliphatic heterocycles. The van der Waals surface area contributed by atoms with Gasteiger partial charge in [-0.3, -0.25) is 0 Å². The third-order valence-electron chi connectivity index (χ3n) is 8.40. The summed E-state index contributed by atoms with van der Waals surface area (Å²) in [5.74, 6) is 2.77. The molecule has 0 aromatic heterocycles. The van der Waals surface area contributed by atoms with Crippen molar-refractivity contribution in [1.29, 1.82) is 0 Å². The highest BCUT2D eigenvalue weighted by molar-refractivity contribution is 5.29. The lowest BCUT2D eigenvalue weighted by Crippen LogP contribution is -2.04. The van der Waals surface area contributed by atoms with Gasteiger partial charge in [0.15, 0.2) is 0 Å². The molecule has 37 heavy (non-hydrogen) atoms. The van der Waals surface area contributed by atoms with Gasteiger partial charge in [0.2, 0.25) is 0 Å². The first kappa shape index (κ1) is 28.2. The lowest BCUT2D eigenvalue weighted by Gasteiger charge is -2.18. The zero-order chi connectivity index (χ0) is 25.5. The van der Waals surface area contributed by atoms with E-state index in [1.165, 1.54) is 108 Å². The molecule has 0 bridgehead atoms. The van der Waals surface area contributed by atoms with Crippen LogP contribution in [0.5, 0.6) is 5.75 Å². The van der Waals surface area contributed by atoms with Crippen LogP contribution in [0.25, 0.3) is 0 Å². The average molecular weight is 505 g/mol. The third-order valence-corrected chi connectivity index (χ3v) is 8.40. The number of benzene rings is 2. The summed E-state index contributed by atoms with van der Waals surface area (Å²) >= 11 is 0. The summed E-state index contributed by atoms with van der Waals surface area (Å²) in [6, 6.07) is 18.4. The third kappa shape index (κ3) is 11.6. The Morgan fingerprint density at radius 1 is 0.784 bits per heavy atom. The van der Waals surface area contributed by atoms with Crippen LogP contribution < -0.4 is 4.74 Å². The first-order valence-electron chi connectivity index (χ1n) is 15.7. The molecular formula is C35H52O2. The Balaban J connectivity index is 1.13. The quantitative estimate of drug-likeness (QED) is 0.125. The predicted molar refractivity (Wildman–Crippen MR) is 157 cm³/mol. The van der Waals surface area contributed by atoms with E-state index < -0.39 is 0 Å². The van der Waals surface area contributed by atoms with Crippen LogP contribution in [0.2, 0.25) is 0 Å². The SMILES string of the molecule is CCCCCCCC(CCCCCCCc1cccc(OCC2CO2)c1)c1ccc(CCC2CC2)cc1. The van der Waals surface area contributed by atoms with Crippen molar-refractivity contribution in [1.82, 2.24) is 0 Å². The maximum atomic E-state index is 5.84. The Kier molecular flexibility index (Phi) is 12.4. The van der Waals surface area contributed by atoms with E-state index in [0.29, 0.717) is 12.7 Å². The van der Waals surface area contributed by atoms with Gasteiger partial charge in [0.25, 0.3) is 0 Å². The van der Waals surface area contributed by atoms with E-state index in [2.05, 4.69) is 55.5 Å².